The first-order valence-corrected chi connectivity index (χ1v) is 20.8. The molecular formula is C57H40N4. The van der Waals surface area contributed by atoms with E-state index in [1.807, 2.05) is 24.3 Å². The van der Waals surface area contributed by atoms with E-state index in [1.165, 1.54) is 22.3 Å². The predicted octanol–water partition coefficient (Wildman–Crippen LogP) is 14.4. The molecule has 4 heteroatoms. The van der Waals surface area contributed by atoms with Crippen molar-refractivity contribution < 1.29 is 0 Å². The third kappa shape index (κ3) is 6.59. The standard InChI is InChI=1S/C57H40N4/c1-57(2)50-29-16-15-28-46(50)48-34-49-47(39-22-11-5-12-23-39)35-52(58-53(49)36-51(48)57)44-31-43(38-20-9-4-10-21-38)32-45(33-44)56-60-54(40-24-13-6-14-25-40)59-55(61-56)42-27-17-26-41(30-42)37-18-7-3-8-19-37/h3-36H,1-2H3. The highest BCUT2D eigenvalue weighted by Crippen LogP contribution is 2.50. The summed E-state index contributed by atoms with van der Waals surface area (Å²) in [5.41, 5.74) is 17.3. The number of aromatic nitrogens is 4. The van der Waals surface area contributed by atoms with Crippen LogP contribution in [-0.4, -0.2) is 19.9 Å². The Morgan fingerprint density at radius 1 is 0.295 bits per heavy atom. The monoisotopic (exact) mass is 780 g/mol. The van der Waals surface area contributed by atoms with E-state index in [-0.39, 0.29) is 5.41 Å². The molecule has 11 rings (SSSR count). The first-order valence-electron chi connectivity index (χ1n) is 20.8. The quantitative estimate of drug-likeness (QED) is 0.162. The zero-order valence-electron chi connectivity index (χ0n) is 33.9. The molecule has 0 amide bonds. The minimum Gasteiger partial charge on any atom is -0.248 e. The topological polar surface area (TPSA) is 51.6 Å². The molecule has 0 atom stereocenters. The molecule has 0 aliphatic heterocycles. The Morgan fingerprint density at radius 3 is 1.48 bits per heavy atom. The highest BCUT2D eigenvalue weighted by atomic mass is 15.0. The molecule has 0 spiro atoms. The SMILES string of the molecule is CC1(C)c2ccccc2-c2cc3c(-c4ccccc4)cc(-c4cc(-c5ccccc5)cc(-c5nc(-c6ccccc6)nc(-c6cccc(-c7ccccc7)c6)n5)c4)nc3cc21. The fourth-order valence-electron chi connectivity index (χ4n) is 8.95. The molecule has 0 fully saturated rings. The van der Waals surface area contributed by atoms with Crippen molar-refractivity contribution in [3.8, 4) is 89.9 Å². The lowest BCUT2D eigenvalue weighted by Crippen LogP contribution is -2.14. The minimum absolute atomic E-state index is 0.154. The normalized spacial score (nSPS) is 12.6. The van der Waals surface area contributed by atoms with Crippen LogP contribution in [0.25, 0.3) is 101 Å². The minimum atomic E-state index is -0.154. The molecule has 1 aliphatic carbocycles. The molecule has 10 aromatic rings. The largest absolute Gasteiger partial charge is 0.248 e. The number of fused-ring (bicyclic) bond motifs is 4. The summed E-state index contributed by atoms with van der Waals surface area (Å²) in [5, 5.41) is 1.13. The molecule has 0 saturated heterocycles. The molecular weight excluding hydrogens is 741 g/mol. The van der Waals surface area contributed by atoms with E-state index in [9.17, 15) is 0 Å². The lowest BCUT2D eigenvalue weighted by atomic mass is 9.82. The van der Waals surface area contributed by atoms with Crippen LogP contribution in [0.5, 0.6) is 0 Å². The van der Waals surface area contributed by atoms with E-state index in [2.05, 4.69) is 196 Å². The van der Waals surface area contributed by atoms with Gasteiger partial charge >= 0.3 is 0 Å². The molecule has 2 aromatic heterocycles. The first kappa shape index (κ1) is 36.3. The molecule has 61 heavy (non-hydrogen) atoms. The van der Waals surface area contributed by atoms with Gasteiger partial charge in [0.15, 0.2) is 17.5 Å². The smallest absolute Gasteiger partial charge is 0.164 e. The van der Waals surface area contributed by atoms with E-state index in [1.54, 1.807) is 0 Å². The maximum Gasteiger partial charge on any atom is 0.164 e. The number of pyridine rings is 1. The Kier molecular flexibility index (Phi) is 8.79. The van der Waals surface area contributed by atoms with Crippen LogP contribution in [0.1, 0.15) is 25.0 Å². The van der Waals surface area contributed by atoms with Crippen molar-refractivity contribution >= 4 is 10.9 Å². The average molecular weight is 781 g/mol. The van der Waals surface area contributed by atoms with Gasteiger partial charge in [-0.2, -0.15) is 0 Å². The van der Waals surface area contributed by atoms with Crippen LogP contribution in [-0.2, 0) is 5.41 Å². The second-order valence-electron chi connectivity index (χ2n) is 16.3. The lowest BCUT2D eigenvalue weighted by Gasteiger charge is -2.22. The van der Waals surface area contributed by atoms with Crippen molar-refractivity contribution in [2.75, 3.05) is 0 Å². The van der Waals surface area contributed by atoms with Crippen molar-refractivity contribution in [2.45, 2.75) is 19.3 Å². The van der Waals surface area contributed by atoms with Crippen LogP contribution in [0.15, 0.2) is 206 Å². The van der Waals surface area contributed by atoms with E-state index in [0.717, 1.165) is 72.2 Å². The summed E-state index contributed by atoms with van der Waals surface area (Å²) in [6.45, 7) is 4.65. The fraction of sp³-hybridized carbons (Fsp3) is 0.0526. The van der Waals surface area contributed by atoms with Crippen LogP contribution in [0.2, 0.25) is 0 Å². The number of nitrogens with zero attached hydrogens (tertiary/aromatic N) is 4. The highest BCUT2D eigenvalue weighted by molar-refractivity contribution is 6.02. The van der Waals surface area contributed by atoms with E-state index >= 15 is 0 Å². The second kappa shape index (κ2) is 14.8. The summed E-state index contributed by atoms with van der Waals surface area (Å²) in [7, 11) is 0. The maximum atomic E-state index is 5.52. The van der Waals surface area contributed by atoms with Crippen molar-refractivity contribution in [3.05, 3.63) is 217 Å². The van der Waals surface area contributed by atoms with Crippen molar-refractivity contribution in [1.82, 2.24) is 19.9 Å². The second-order valence-corrected chi connectivity index (χ2v) is 16.3. The van der Waals surface area contributed by atoms with Gasteiger partial charge in [0.2, 0.25) is 0 Å². The van der Waals surface area contributed by atoms with E-state index in [4.69, 9.17) is 19.9 Å². The van der Waals surface area contributed by atoms with Gasteiger partial charge in [0.1, 0.15) is 0 Å². The molecule has 1 aliphatic rings. The van der Waals surface area contributed by atoms with Crippen molar-refractivity contribution in [3.63, 3.8) is 0 Å². The number of benzene rings is 8. The summed E-state index contributed by atoms with van der Waals surface area (Å²) in [5.74, 6) is 1.82. The van der Waals surface area contributed by atoms with Gasteiger partial charge in [0.05, 0.1) is 11.2 Å². The van der Waals surface area contributed by atoms with Crippen LogP contribution in [0.3, 0.4) is 0 Å². The zero-order valence-corrected chi connectivity index (χ0v) is 33.9. The molecule has 8 aromatic carbocycles. The predicted molar refractivity (Wildman–Crippen MR) is 251 cm³/mol. The summed E-state index contributed by atoms with van der Waals surface area (Å²) >= 11 is 0. The van der Waals surface area contributed by atoms with Gasteiger partial charge < -0.3 is 0 Å². The van der Waals surface area contributed by atoms with Crippen molar-refractivity contribution in [1.29, 1.82) is 0 Å². The Balaban J connectivity index is 1.14. The van der Waals surface area contributed by atoms with Crippen LogP contribution < -0.4 is 0 Å². The summed E-state index contributed by atoms with van der Waals surface area (Å²) in [6.07, 6.45) is 0. The average Bonchev–Trinajstić information content (AvgIpc) is 3.56. The van der Waals surface area contributed by atoms with Gasteiger partial charge in [-0.15, -0.1) is 0 Å². The molecule has 0 unspecified atom stereocenters. The van der Waals surface area contributed by atoms with Gasteiger partial charge in [0.25, 0.3) is 0 Å². The molecule has 0 saturated carbocycles. The third-order valence-electron chi connectivity index (χ3n) is 12.1. The van der Waals surface area contributed by atoms with Crippen LogP contribution in [0, 0.1) is 0 Å². The van der Waals surface area contributed by atoms with Crippen molar-refractivity contribution in [2.24, 2.45) is 0 Å². The molecule has 0 N–H and O–H groups in total. The van der Waals surface area contributed by atoms with Gasteiger partial charge in [-0.25, -0.2) is 19.9 Å². The maximum absolute atomic E-state index is 5.52. The lowest BCUT2D eigenvalue weighted by molar-refractivity contribution is 0.661. The van der Waals surface area contributed by atoms with Crippen LogP contribution >= 0.6 is 0 Å². The van der Waals surface area contributed by atoms with E-state index < -0.39 is 0 Å². The number of rotatable bonds is 7. The van der Waals surface area contributed by atoms with E-state index in [0.29, 0.717) is 17.5 Å². The van der Waals surface area contributed by atoms with Gasteiger partial charge in [-0.05, 0) is 98.1 Å². The first-order chi connectivity index (χ1) is 30.0. The number of hydrogen-bond donors (Lipinski definition) is 0. The Bertz CT molecular complexity index is 3250. The molecule has 0 radical (unpaired) electrons. The number of hydrogen-bond acceptors (Lipinski definition) is 4. The third-order valence-corrected chi connectivity index (χ3v) is 12.1. The molecule has 2 heterocycles. The Hall–Kier alpha value is -7.82. The summed E-state index contributed by atoms with van der Waals surface area (Å²) < 4.78 is 0. The summed E-state index contributed by atoms with van der Waals surface area (Å²) in [6, 6.07) is 72.6. The van der Waals surface area contributed by atoms with Gasteiger partial charge in [-0.3, -0.25) is 0 Å². The van der Waals surface area contributed by atoms with Gasteiger partial charge in [0, 0.05) is 33.1 Å². The summed E-state index contributed by atoms with van der Waals surface area (Å²) in [4.78, 5) is 21.1. The highest BCUT2D eigenvalue weighted by Gasteiger charge is 2.36. The molecule has 4 nitrogen and oxygen atoms in total. The fourth-order valence-corrected chi connectivity index (χ4v) is 8.95. The molecule has 288 valence electrons. The Morgan fingerprint density at radius 2 is 0.787 bits per heavy atom. The Labute approximate surface area is 356 Å². The zero-order chi connectivity index (χ0) is 40.9. The van der Waals surface area contributed by atoms with Gasteiger partial charge in [-0.1, -0.05) is 178 Å². The molecule has 0 bridgehead atoms. The van der Waals surface area contributed by atoms with Crippen LogP contribution in [0.4, 0.5) is 0 Å².